The Bertz CT molecular complexity index is 870. The lowest BCUT2D eigenvalue weighted by molar-refractivity contribution is -0.171. The zero-order chi connectivity index (χ0) is 24.4. The molecule has 0 aromatic heterocycles. The summed E-state index contributed by atoms with van der Waals surface area (Å²) in [4.78, 5) is 26.2. The molecule has 2 saturated heterocycles. The van der Waals surface area contributed by atoms with Gasteiger partial charge < -0.3 is 24.4 Å². The highest BCUT2D eigenvalue weighted by atomic mass is 19.4. The maximum atomic E-state index is 13.7. The summed E-state index contributed by atoms with van der Waals surface area (Å²) in [6.07, 6.45) is -3.99. The van der Waals surface area contributed by atoms with E-state index in [0.29, 0.717) is 17.9 Å². The number of rotatable bonds is 5. The first-order chi connectivity index (χ1) is 15.3. The summed E-state index contributed by atoms with van der Waals surface area (Å²) in [6.45, 7) is 8.63. The molecule has 1 atom stereocenters. The number of nitrogens with zero attached hydrogens (tertiary/aromatic N) is 1. The van der Waals surface area contributed by atoms with Gasteiger partial charge in [0, 0.05) is 38.3 Å². The first-order valence-corrected chi connectivity index (χ1v) is 11.0. The molecule has 0 bridgehead atoms. The highest BCUT2D eigenvalue weighted by Crippen LogP contribution is 2.36. The fourth-order valence-corrected chi connectivity index (χ4v) is 4.00. The van der Waals surface area contributed by atoms with Crippen molar-refractivity contribution < 1.29 is 37.0 Å². The molecule has 1 aromatic rings. The summed E-state index contributed by atoms with van der Waals surface area (Å²) >= 11 is 0. The summed E-state index contributed by atoms with van der Waals surface area (Å²) in [5.41, 5.74) is -1.73. The fourth-order valence-electron chi connectivity index (χ4n) is 4.00. The van der Waals surface area contributed by atoms with Crippen molar-refractivity contribution in [2.45, 2.75) is 70.4 Å². The van der Waals surface area contributed by atoms with Crippen LogP contribution in [0.1, 0.15) is 57.3 Å². The van der Waals surface area contributed by atoms with Crippen molar-refractivity contribution in [3.05, 3.63) is 23.8 Å². The number of esters is 1. The number of carbonyl (C=O) groups excluding carboxylic acids is 2. The summed E-state index contributed by atoms with van der Waals surface area (Å²) in [5.74, 6) is -2.58. The number of halogens is 3. The van der Waals surface area contributed by atoms with Crippen LogP contribution in [-0.4, -0.2) is 61.6 Å². The second-order valence-corrected chi connectivity index (χ2v) is 9.68. The Hall–Kier alpha value is -2.33. The maximum Gasteiger partial charge on any atom is 0.471 e. The van der Waals surface area contributed by atoms with Gasteiger partial charge in [-0.3, -0.25) is 4.79 Å². The van der Waals surface area contributed by atoms with E-state index in [1.807, 2.05) is 6.92 Å². The number of ether oxygens (including phenoxy) is 3. The van der Waals surface area contributed by atoms with E-state index < -0.39 is 35.3 Å². The first kappa shape index (κ1) is 25.3. The van der Waals surface area contributed by atoms with Gasteiger partial charge in [-0.05, 0) is 59.2 Å². The minimum Gasteiger partial charge on any atom is -0.486 e. The Kier molecular flexibility index (Phi) is 7.28. The minimum atomic E-state index is -5.12. The van der Waals surface area contributed by atoms with Crippen molar-refractivity contribution in [3.63, 3.8) is 0 Å². The number of nitrogens with one attached hydrogen (secondary N) is 1. The molecule has 2 aliphatic heterocycles. The zero-order valence-corrected chi connectivity index (χ0v) is 19.4. The van der Waals surface area contributed by atoms with Crippen LogP contribution in [0.2, 0.25) is 0 Å². The van der Waals surface area contributed by atoms with Gasteiger partial charge in [-0.15, -0.1) is 0 Å². The van der Waals surface area contributed by atoms with Gasteiger partial charge in [0.1, 0.15) is 17.0 Å². The van der Waals surface area contributed by atoms with Gasteiger partial charge in [-0.2, -0.15) is 13.2 Å². The van der Waals surface area contributed by atoms with E-state index in [1.54, 1.807) is 20.8 Å². The Morgan fingerprint density at radius 3 is 2.39 bits per heavy atom. The third-order valence-electron chi connectivity index (χ3n) is 5.56. The average Bonchev–Trinajstić information content (AvgIpc) is 3.13. The van der Waals surface area contributed by atoms with Gasteiger partial charge in [0.2, 0.25) is 0 Å². The van der Waals surface area contributed by atoms with E-state index in [4.69, 9.17) is 14.2 Å². The smallest absolute Gasteiger partial charge is 0.471 e. The summed E-state index contributed by atoms with van der Waals surface area (Å²) in [5, 5.41) is 3.19. The molecule has 33 heavy (non-hydrogen) atoms. The molecule has 2 fully saturated rings. The van der Waals surface area contributed by atoms with Gasteiger partial charge in [-0.1, -0.05) is 0 Å². The lowest BCUT2D eigenvalue weighted by Crippen LogP contribution is -2.50. The molecule has 7 nitrogen and oxygen atoms in total. The van der Waals surface area contributed by atoms with Crippen molar-refractivity contribution in [1.29, 1.82) is 0 Å². The summed E-state index contributed by atoms with van der Waals surface area (Å²) in [6, 6.07) is 3.43. The van der Waals surface area contributed by atoms with E-state index in [1.165, 1.54) is 18.2 Å². The lowest BCUT2D eigenvalue weighted by atomic mass is 10.0. The number of hydrogen-bond acceptors (Lipinski definition) is 6. The van der Waals surface area contributed by atoms with Gasteiger partial charge in [0.15, 0.2) is 0 Å². The minimum absolute atomic E-state index is 0.129. The van der Waals surface area contributed by atoms with E-state index >= 15 is 0 Å². The summed E-state index contributed by atoms with van der Waals surface area (Å²) in [7, 11) is 0. The molecule has 2 heterocycles. The monoisotopic (exact) mass is 472 g/mol. The molecule has 1 N–H and O–H groups in total. The van der Waals surface area contributed by atoms with Crippen LogP contribution in [0.3, 0.4) is 0 Å². The van der Waals surface area contributed by atoms with Gasteiger partial charge in [0.05, 0.1) is 11.3 Å². The number of amides is 1. The van der Waals surface area contributed by atoms with Crippen LogP contribution in [-0.2, 0) is 14.3 Å². The Morgan fingerprint density at radius 1 is 1.18 bits per heavy atom. The Labute approximate surface area is 191 Å². The third kappa shape index (κ3) is 6.38. The lowest BCUT2D eigenvalue weighted by Gasteiger charge is -2.36. The Morgan fingerprint density at radius 2 is 1.85 bits per heavy atom. The average molecular weight is 473 g/mol. The SMILES string of the molecule is CC(C)(C)OC(=O)c1ccc(O[C@@]2(C)CCNC2)cc1N(C(=O)C(F)(F)F)C1CCOCC1. The molecule has 0 unspecified atom stereocenters. The molecule has 10 heteroatoms. The second-order valence-electron chi connectivity index (χ2n) is 9.68. The molecular weight excluding hydrogens is 441 g/mol. The molecular formula is C23H31F3N2O5. The van der Waals surface area contributed by atoms with Crippen LogP contribution >= 0.6 is 0 Å². The number of alkyl halides is 3. The molecule has 184 valence electrons. The molecule has 0 aliphatic carbocycles. The van der Waals surface area contributed by atoms with Crippen LogP contribution in [0, 0.1) is 0 Å². The number of anilines is 1. The van der Waals surface area contributed by atoms with Crippen LogP contribution < -0.4 is 15.0 Å². The van der Waals surface area contributed by atoms with Crippen molar-refractivity contribution in [1.82, 2.24) is 5.32 Å². The van der Waals surface area contributed by atoms with Crippen molar-refractivity contribution in [2.24, 2.45) is 0 Å². The van der Waals surface area contributed by atoms with Gasteiger partial charge in [0.25, 0.3) is 0 Å². The van der Waals surface area contributed by atoms with Crippen molar-refractivity contribution in [3.8, 4) is 5.75 Å². The highest BCUT2D eigenvalue weighted by Gasteiger charge is 2.47. The Balaban J connectivity index is 2.09. The third-order valence-corrected chi connectivity index (χ3v) is 5.56. The number of carbonyl (C=O) groups is 2. The van der Waals surface area contributed by atoms with Crippen LogP contribution in [0.5, 0.6) is 5.75 Å². The zero-order valence-electron chi connectivity index (χ0n) is 19.4. The largest absolute Gasteiger partial charge is 0.486 e. The van der Waals surface area contributed by atoms with Crippen LogP contribution in [0.25, 0.3) is 0 Å². The van der Waals surface area contributed by atoms with Crippen molar-refractivity contribution >= 4 is 17.6 Å². The van der Waals surface area contributed by atoms with E-state index in [9.17, 15) is 22.8 Å². The topological polar surface area (TPSA) is 77.1 Å². The quantitative estimate of drug-likeness (QED) is 0.656. The number of benzene rings is 1. The fraction of sp³-hybridized carbons (Fsp3) is 0.652. The molecule has 0 spiro atoms. The number of hydrogen-bond donors (Lipinski definition) is 1. The van der Waals surface area contributed by atoms with Crippen LogP contribution in [0.4, 0.5) is 18.9 Å². The molecule has 1 aromatic carbocycles. The first-order valence-electron chi connectivity index (χ1n) is 11.0. The van der Waals surface area contributed by atoms with E-state index in [0.717, 1.165) is 6.54 Å². The van der Waals surface area contributed by atoms with Gasteiger partial charge in [-0.25, -0.2) is 4.79 Å². The summed E-state index contributed by atoms with van der Waals surface area (Å²) < 4.78 is 57.8. The maximum absolute atomic E-state index is 13.7. The van der Waals surface area contributed by atoms with Crippen molar-refractivity contribution in [2.75, 3.05) is 31.2 Å². The predicted molar refractivity (Wildman–Crippen MR) is 116 cm³/mol. The van der Waals surface area contributed by atoms with Crippen LogP contribution in [0.15, 0.2) is 18.2 Å². The van der Waals surface area contributed by atoms with Gasteiger partial charge >= 0.3 is 18.1 Å². The van der Waals surface area contributed by atoms with E-state index in [-0.39, 0.29) is 43.1 Å². The molecule has 0 radical (unpaired) electrons. The molecule has 0 saturated carbocycles. The standard InChI is InChI=1S/C23H31F3N2O5/c1-21(2,3)33-19(29)17-6-5-16(32-22(4)9-10-27-14-22)13-18(17)28(20(30)23(24,25)26)15-7-11-31-12-8-15/h5-6,13,15,27H,7-12,14H2,1-4H3/t22-/m0/s1. The van der Waals surface area contributed by atoms with E-state index in [2.05, 4.69) is 5.32 Å². The normalized spacial score (nSPS) is 22.2. The highest BCUT2D eigenvalue weighted by molar-refractivity contribution is 6.05. The predicted octanol–water partition coefficient (Wildman–Crippen LogP) is 3.85. The molecule has 1 amide bonds. The molecule has 3 rings (SSSR count). The second kappa shape index (κ2) is 9.50. The molecule has 2 aliphatic rings.